The average Bonchev–Trinajstić information content (AvgIpc) is 2.42. The van der Waals surface area contributed by atoms with Crippen molar-refractivity contribution in [3.63, 3.8) is 0 Å². The Balaban J connectivity index is 2.82. The van der Waals surface area contributed by atoms with E-state index in [-0.39, 0.29) is 23.8 Å². The number of hydrogen-bond acceptors (Lipinski definition) is 4. The zero-order chi connectivity index (χ0) is 16.8. The fourth-order valence-corrected chi connectivity index (χ4v) is 2.98. The molecular weight excluding hydrogens is 280 g/mol. The maximum atomic E-state index is 11.3. The lowest BCUT2D eigenvalue weighted by atomic mass is 9.72. The molecule has 4 nitrogen and oxygen atoms in total. The second-order valence-corrected chi connectivity index (χ2v) is 6.55. The molecular formula is C18H28O4. The van der Waals surface area contributed by atoms with Crippen LogP contribution in [0, 0.1) is 5.41 Å². The van der Waals surface area contributed by atoms with Crippen molar-refractivity contribution in [1.82, 2.24) is 0 Å². The molecule has 0 aromatic carbocycles. The first kappa shape index (κ1) is 18.5. The minimum Gasteiger partial charge on any atom is -0.469 e. The van der Waals surface area contributed by atoms with Crippen LogP contribution in [0.25, 0.3) is 0 Å². The van der Waals surface area contributed by atoms with Gasteiger partial charge in [-0.3, -0.25) is 9.59 Å². The molecule has 22 heavy (non-hydrogen) atoms. The quantitative estimate of drug-likeness (QED) is 0.697. The summed E-state index contributed by atoms with van der Waals surface area (Å²) < 4.78 is 9.92. The Morgan fingerprint density at radius 1 is 1.36 bits per heavy atom. The summed E-state index contributed by atoms with van der Waals surface area (Å²) in [7, 11) is 1.36. The van der Waals surface area contributed by atoms with E-state index < -0.39 is 6.10 Å². The molecule has 1 aliphatic carbocycles. The molecule has 0 heterocycles. The number of carbonyl (C=O) groups excluding carboxylic acids is 2. The third-order valence-corrected chi connectivity index (χ3v) is 4.20. The van der Waals surface area contributed by atoms with Crippen LogP contribution in [0.5, 0.6) is 0 Å². The predicted octanol–water partition coefficient (Wildman–Crippen LogP) is 3.95. The molecule has 0 N–H and O–H groups in total. The molecule has 1 atom stereocenters. The highest BCUT2D eigenvalue weighted by Crippen LogP contribution is 2.40. The Bertz CT molecular complexity index is 471. The Kier molecular flexibility index (Phi) is 6.85. The van der Waals surface area contributed by atoms with Crippen LogP contribution in [0.4, 0.5) is 0 Å². The van der Waals surface area contributed by atoms with Crippen LogP contribution < -0.4 is 0 Å². The lowest BCUT2D eigenvalue weighted by Crippen LogP contribution is -2.20. The van der Waals surface area contributed by atoms with Gasteiger partial charge in [0.2, 0.25) is 0 Å². The third-order valence-electron chi connectivity index (χ3n) is 4.20. The number of allylic oxidation sites excluding steroid dienone is 3. The van der Waals surface area contributed by atoms with Gasteiger partial charge in [-0.05, 0) is 49.7 Å². The normalized spacial score (nSPS) is 19.1. The average molecular weight is 308 g/mol. The first-order chi connectivity index (χ1) is 10.3. The lowest BCUT2D eigenvalue weighted by Gasteiger charge is -2.33. The van der Waals surface area contributed by atoms with Crippen molar-refractivity contribution >= 4 is 11.9 Å². The highest BCUT2D eigenvalue weighted by atomic mass is 16.5. The first-order valence-corrected chi connectivity index (χ1v) is 7.88. The molecule has 0 fully saturated rings. The first-order valence-electron chi connectivity index (χ1n) is 7.88. The standard InChI is InChI=1S/C18H28O4/c1-13-7-6-12-18(3,4)16(13)10-8-15(22-14(2)19)9-11-17(20)21-5/h8,10,15H,6-7,9,11-12H2,1-5H3/b10-8+. The molecule has 0 aromatic heterocycles. The minimum atomic E-state index is -0.394. The number of methoxy groups -OCH3 is 1. The number of hydrogen-bond donors (Lipinski definition) is 0. The van der Waals surface area contributed by atoms with Crippen LogP contribution in [-0.2, 0) is 19.1 Å². The van der Waals surface area contributed by atoms with Crippen molar-refractivity contribution in [2.45, 2.75) is 65.9 Å². The van der Waals surface area contributed by atoms with Crippen molar-refractivity contribution in [1.29, 1.82) is 0 Å². The van der Waals surface area contributed by atoms with Crippen molar-refractivity contribution in [2.24, 2.45) is 5.41 Å². The van der Waals surface area contributed by atoms with Gasteiger partial charge in [0.25, 0.3) is 0 Å². The summed E-state index contributed by atoms with van der Waals surface area (Å²) in [5.74, 6) is -0.632. The van der Waals surface area contributed by atoms with Gasteiger partial charge in [-0.15, -0.1) is 0 Å². The lowest BCUT2D eigenvalue weighted by molar-refractivity contribution is -0.147. The molecule has 124 valence electrons. The molecule has 0 bridgehead atoms. The molecule has 1 unspecified atom stereocenters. The summed E-state index contributed by atoms with van der Waals surface area (Å²) >= 11 is 0. The second kappa shape index (κ2) is 8.16. The SMILES string of the molecule is COC(=O)CCC(/C=C/C1=C(C)CCCC1(C)C)OC(C)=O. The predicted molar refractivity (Wildman–Crippen MR) is 86.3 cm³/mol. The molecule has 0 saturated heterocycles. The van der Waals surface area contributed by atoms with E-state index in [4.69, 9.17) is 4.74 Å². The number of carbonyl (C=O) groups is 2. The molecule has 0 amide bonds. The molecule has 0 aliphatic heterocycles. The minimum absolute atomic E-state index is 0.141. The number of esters is 2. The number of rotatable bonds is 6. The Morgan fingerprint density at radius 3 is 2.59 bits per heavy atom. The molecule has 1 rings (SSSR count). The van der Waals surface area contributed by atoms with E-state index in [0.29, 0.717) is 6.42 Å². The molecule has 1 aliphatic rings. The third kappa shape index (κ3) is 5.66. The summed E-state index contributed by atoms with van der Waals surface area (Å²) in [4.78, 5) is 22.5. The van der Waals surface area contributed by atoms with Crippen molar-refractivity contribution < 1.29 is 19.1 Å². The van der Waals surface area contributed by atoms with Gasteiger partial charge in [-0.2, -0.15) is 0 Å². The second-order valence-electron chi connectivity index (χ2n) is 6.55. The Morgan fingerprint density at radius 2 is 2.05 bits per heavy atom. The van der Waals surface area contributed by atoms with E-state index in [1.165, 1.54) is 31.6 Å². The van der Waals surface area contributed by atoms with Gasteiger partial charge >= 0.3 is 11.9 Å². The summed E-state index contributed by atoms with van der Waals surface area (Å²) in [5.41, 5.74) is 2.85. The van der Waals surface area contributed by atoms with Crippen molar-refractivity contribution in [3.05, 3.63) is 23.3 Å². The van der Waals surface area contributed by atoms with E-state index in [0.717, 1.165) is 12.8 Å². The summed E-state index contributed by atoms with van der Waals surface area (Å²) in [6, 6.07) is 0. The van der Waals surface area contributed by atoms with Crippen LogP contribution in [0.3, 0.4) is 0 Å². The Hall–Kier alpha value is -1.58. The fraction of sp³-hybridized carbons (Fsp3) is 0.667. The van der Waals surface area contributed by atoms with E-state index in [1.807, 2.05) is 6.08 Å². The van der Waals surface area contributed by atoms with Gasteiger partial charge in [0, 0.05) is 13.3 Å². The van der Waals surface area contributed by atoms with Crippen LogP contribution >= 0.6 is 0 Å². The van der Waals surface area contributed by atoms with E-state index in [1.54, 1.807) is 0 Å². The molecule has 4 heteroatoms. The number of ether oxygens (including phenoxy) is 2. The van der Waals surface area contributed by atoms with Crippen molar-refractivity contribution in [3.8, 4) is 0 Å². The maximum absolute atomic E-state index is 11.3. The van der Waals surface area contributed by atoms with Gasteiger partial charge in [0.15, 0.2) is 0 Å². The van der Waals surface area contributed by atoms with E-state index in [9.17, 15) is 9.59 Å². The van der Waals surface area contributed by atoms with Crippen molar-refractivity contribution in [2.75, 3.05) is 7.11 Å². The van der Waals surface area contributed by atoms with E-state index >= 15 is 0 Å². The highest BCUT2D eigenvalue weighted by Gasteiger charge is 2.26. The molecule has 0 saturated carbocycles. The van der Waals surface area contributed by atoms with E-state index in [2.05, 4.69) is 31.6 Å². The molecule has 0 radical (unpaired) electrons. The monoisotopic (exact) mass is 308 g/mol. The zero-order valence-electron chi connectivity index (χ0n) is 14.4. The van der Waals surface area contributed by atoms with Crippen LogP contribution in [-0.4, -0.2) is 25.2 Å². The maximum Gasteiger partial charge on any atom is 0.305 e. The van der Waals surface area contributed by atoms with Crippen LogP contribution in [0.1, 0.15) is 59.8 Å². The summed E-state index contributed by atoms with van der Waals surface area (Å²) in [5, 5.41) is 0. The van der Waals surface area contributed by atoms with Gasteiger partial charge in [0.05, 0.1) is 7.11 Å². The van der Waals surface area contributed by atoms with Gasteiger partial charge in [0.1, 0.15) is 6.10 Å². The summed E-state index contributed by atoms with van der Waals surface area (Å²) in [6.45, 7) is 8.03. The highest BCUT2D eigenvalue weighted by molar-refractivity contribution is 5.69. The van der Waals surface area contributed by atoms with Crippen LogP contribution in [0.2, 0.25) is 0 Å². The smallest absolute Gasteiger partial charge is 0.305 e. The fourth-order valence-electron chi connectivity index (χ4n) is 2.98. The Labute approximate surface area is 133 Å². The topological polar surface area (TPSA) is 52.6 Å². The van der Waals surface area contributed by atoms with Gasteiger partial charge in [-0.25, -0.2) is 0 Å². The molecule has 0 spiro atoms. The van der Waals surface area contributed by atoms with Gasteiger partial charge in [-0.1, -0.05) is 25.5 Å². The van der Waals surface area contributed by atoms with Crippen LogP contribution in [0.15, 0.2) is 23.3 Å². The summed E-state index contributed by atoms with van der Waals surface area (Å²) in [6.07, 6.45) is 7.74. The molecule has 0 aromatic rings. The zero-order valence-corrected chi connectivity index (χ0v) is 14.4. The van der Waals surface area contributed by atoms with Gasteiger partial charge < -0.3 is 9.47 Å². The largest absolute Gasteiger partial charge is 0.469 e.